The smallest absolute Gasteiger partial charge is 0.294 e. The number of aromatic nitrogens is 3. The summed E-state index contributed by atoms with van der Waals surface area (Å²) < 4.78 is 70.5. The van der Waals surface area contributed by atoms with Crippen molar-refractivity contribution in [1.29, 1.82) is 0 Å². The molecule has 3 aromatic rings. The summed E-state index contributed by atoms with van der Waals surface area (Å²) in [5.74, 6) is -3.27. The Bertz CT molecular complexity index is 1020. The van der Waals surface area contributed by atoms with Gasteiger partial charge in [-0.1, -0.05) is 11.6 Å². The van der Waals surface area contributed by atoms with Gasteiger partial charge in [-0.2, -0.15) is 17.5 Å². The van der Waals surface area contributed by atoms with Crippen molar-refractivity contribution in [2.45, 2.75) is 12.6 Å². The molecule has 4 nitrogen and oxygen atoms in total. The fourth-order valence-corrected chi connectivity index (χ4v) is 3.05. The van der Waals surface area contributed by atoms with Crippen LogP contribution in [-0.4, -0.2) is 20.1 Å². The molecule has 0 aliphatic carbocycles. The highest BCUT2D eigenvalue weighted by molar-refractivity contribution is 7.05. The SMILES string of the molecule is O=C(Cc1nc(-c2c(F)ccc(Cl)c2F)ns1)c1cccnc1C(F)(F)F. The fraction of sp³-hybridized carbons (Fsp3) is 0.125. The number of nitrogens with zero attached hydrogens (tertiary/aromatic N) is 3. The highest BCUT2D eigenvalue weighted by atomic mass is 35.5. The minimum Gasteiger partial charge on any atom is -0.294 e. The first-order valence-corrected chi connectivity index (χ1v) is 8.35. The number of halogens is 6. The summed E-state index contributed by atoms with van der Waals surface area (Å²) in [5, 5.41) is -0.352. The van der Waals surface area contributed by atoms with Gasteiger partial charge in [-0.05, 0) is 35.8 Å². The third-order valence-electron chi connectivity index (χ3n) is 3.42. The summed E-state index contributed by atoms with van der Waals surface area (Å²) in [7, 11) is 0. The average Bonchev–Trinajstić information content (AvgIpc) is 3.06. The number of benzene rings is 1. The van der Waals surface area contributed by atoms with Gasteiger partial charge in [0, 0.05) is 11.8 Å². The van der Waals surface area contributed by atoms with E-state index >= 15 is 0 Å². The van der Waals surface area contributed by atoms with Crippen LogP contribution in [0.3, 0.4) is 0 Å². The molecule has 140 valence electrons. The minimum atomic E-state index is -4.80. The largest absolute Gasteiger partial charge is 0.434 e. The number of carbonyl (C=O) groups is 1. The van der Waals surface area contributed by atoms with E-state index in [1.54, 1.807) is 0 Å². The molecule has 0 saturated carbocycles. The van der Waals surface area contributed by atoms with Gasteiger partial charge in [0.25, 0.3) is 0 Å². The predicted molar refractivity (Wildman–Crippen MR) is 87.5 cm³/mol. The fourth-order valence-electron chi connectivity index (χ4n) is 2.25. The Hall–Kier alpha value is -2.46. The molecule has 0 spiro atoms. The third kappa shape index (κ3) is 3.96. The molecule has 0 saturated heterocycles. The van der Waals surface area contributed by atoms with E-state index in [0.29, 0.717) is 11.5 Å². The maximum Gasteiger partial charge on any atom is 0.434 e. The molecule has 0 aliphatic rings. The molecule has 0 unspecified atom stereocenters. The molecular formula is C16H7ClF5N3OS. The molecule has 27 heavy (non-hydrogen) atoms. The van der Waals surface area contributed by atoms with Crippen molar-refractivity contribution >= 4 is 28.9 Å². The van der Waals surface area contributed by atoms with Gasteiger partial charge >= 0.3 is 6.18 Å². The van der Waals surface area contributed by atoms with Crippen LogP contribution in [0, 0.1) is 11.6 Å². The number of carbonyl (C=O) groups excluding carboxylic acids is 1. The number of alkyl halides is 3. The summed E-state index contributed by atoms with van der Waals surface area (Å²) in [6.45, 7) is 0. The Balaban J connectivity index is 1.90. The Morgan fingerprint density at radius 3 is 2.63 bits per heavy atom. The van der Waals surface area contributed by atoms with Gasteiger partial charge in [-0.3, -0.25) is 9.78 Å². The number of Topliss-reactive ketones (excluding diaryl/α,β-unsaturated/α-hetero) is 1. The first-order chi connectivity index (χ1) is 12.7. The molecule has 0 N–H and O–H groups in total. The summed E-state index contributed by atoms with van der Waals surface area (Å²) in [6, 6.07) is 4.15. The lowest BCUT2D eigenvalue weighted by Gasteiger charge is -2.09. The number of pyridine rings is 1. The van der Waals surface area contributed by atoms with E-state index in [4.69, 9.17) is 11.6 Å². The zero-order chi connectivity index (χ0) is 19.8. The second-order valence-electron chi connectivity index (χ2n) is 5.23. The molecule has 0 atom stereocenters. The zero-order valence-corrected chi connectivity index (χ0v) is 14.6. The Kier molecular flexibility index (Phi) is 5.20. The molecular weight excluding hydrogens is 413 g/mol. The normalized spacial score (nSPS) is 11.6. The van der Waals surface area contributed by atoms with E-state index in [0.717, 1.165) is 24.4 Å². The maximum atomic E-state index is 14.0. The van der Waals surface area contributed by atoms with E-state index in [1.807, 2.05) is 0 Å². The molecule has 0 aliphatic heterocycles. The van der Waals surface area contributed by atoms with Crippen LogP contribution < -0.4 is 0 Å². The molecule has 2 heterocycles. The maximum absolute atomic E-state index is 14.0. The molecule has 0 amide bonds. The van der Waals surface area contributed by atoms with Crippen LogP contribution in [0.15, 0.2) is 30.5 Å². The van der Waals surface area contributed by atoms with Crippen LogP contribution in [0.1, 0.15) is 21.1 Å². The minimum absolute atomic E-state index is 0.00856. The van der Waals surface area contributed by atoms with Gasteiger partial charge in [-0.25, -0.2) is 13.8 Å². The molecule has 3 rings (SSSR count). The summed E-state index contributed by atoms with van der Waals surface area (Å²) in [6.07, 6.45) is -4.41. The monoisotopic (exact) mass is 419 g/mol. The highest BCUT2D eigenvalue weighted by Crippen LogP contribution is 2.32. The number of rotatable bonds is 4. The topological polar surface area (TPSA) is 55.7 Å². The predicted octanol–water partition coefficient (Wildman–Crippen LogP) is 4.98. The second-order valence-corrected chi connectivity index (χ2v) is 6.47. The Morgan fingerprint density at radius 1 is 1.19 bits per heavy atom. The number of ketones is 1. The molecule has 0 fully saturated rings. The van der Waals surface area contributed by atoms with Gasteiger partial charge in [-0.15, -0.1) is 0 Å². The second kappa shape index (κ2) is 7.28. The van der Waals surface area contributed by atoms with E-state index in [9.17, 15) is 26.7 Å². The lowest BCUT2D eigenvalue weighted by atomic mass is 10.1. The number of hydrogen-bond acceptors (Lipinski definition) is 5. The molecule has 0 bridgehead atoms. The lowest BCUT2D eigenvalue weighted by Crippen LogP contribution is -2.16. The van der Waals surface area contributed by atoms with E-state index in [-0.39, 0.29) is 15.9 Å². The van der Waals surface area contributed by atoms with Crippen molar-refractivity contribution in [2.24, 2.45) is 0 Å². The van der Waals surface area contributed by atoms with Gasteiger partial charge in [0.05, 0.1) is 17.0 Å². The molecule has 11 heteroatoms. The lowest BCUT2D eigenvalue weighted by molar-refractivity contribution is -0.141. The van der Waals surface area contributed by atoms with Crippen LogP contribution in [0.4, 0.5) is 22.0 Å². The van der Waals surface area contributed by atoms with Crippen molar-refractivity contribution in [3.05, 3.63) is 63.4 Å². The first-order valence-electron chi connectivity index (χ1n) is 7.20. The van der Waals surface area contributed by atoms with Crippen molar-refractivity contribution < 1.29 is 26.7 Å². The summed E-state index contributed by atoms with van der Waals surface area (Å²) in [5.41, 5.74) is -2.51. The van der Waals surface area contributed by atoms with Crippen LogP contribution in [0.25, 0.3) is 11.4 Å². The quantitative estimate of drug-likeness (QED) is 0.340. The third-order valence-corrected chi connectivity index (χ3v) is 4.43. The van der Waals surface area contributed by atoms with Crippen molar-refractivity contribution in [3.63, 3.8) is 0 Å². The summed E-state index contributed by atoms with van der Waals surface area (Å²) in [4.78, 5) is 19.3. The van der Waals surface area contributed by atoms with E-state index in [1.165, 1.54) is 6.07 Å². The first kappa shape index (κ1) is 19.3. The average molecular weight is 420 g/mol. The van der Waals surface area contributed by atoms with Crippen LogP contribution >= 0.6 is 23.1 Å². The van der Waals surface area contributed by atoms with Crippen LogP contribution in [0.2, 0.25) is 5.02 Å². The molecule has 1 aromatic carbocycles. The standard InChI is InChI=1S/C16H7ClF5N3OS/c17-8-3-4-9(18)12(13(8)19)15-24-11(27-25-15)6-10(26)7-2-1-5-23-14(7)16(20,21)22/h1-5H,6H2. The molecule has 0 radical (unpaired) electrons. The van der Waals surface area contributed by atoms with E-state index in [2.05, 4.69) is 14.3 Å². The molecule has 2 aromatic heterocycles. The Morgan fingerprint density at radius 2 is 1.93 bits per heavy atom. The van der Waals surface area contributed by atoms with Gasteiger partial charge in [0.2, 0.25) is 0 Å². The van der Waals surface area contributed by atoms with Gasteiger partial charge < -0.3 is 0 Å². The van der Waals surface area contributed by atoms with E-state index < -0.39 is 46.8 Å². The van der Waals surface area contributed by atoms with Crippen molar-refractivity contribution in [2.75, 3.05) is 0 Å². The zero-order valence-electron chi connectivity index (χ0n) is 13.0. The van der Waals surface area contributed by atoms with Crippen LogP contribution in [0.5, 0.6) is 0 Å². The summed E-state index contributed by atoms with van der Waals surface area (Å²) >= 11 is 6.25. The van der Waals surface area contributed by atoms with Gasteiger partial charge in [0.15, 0.2) is 23.1 Å². The van der Waals surface area contributed by atoms with Gasteiger partial charge in [0.1, 0.15) is 10.8 Å². The van der Waals surface area contributed by atoms with Crippen LogP contribution in [-0.2, 0) is 12.6 Å². The van der Waals surface area contributed by atoms with Crippen molar-refractivity contribution in [1.82, 2.24) is 14.3 Å². The number of hydrogen-bond donors (Lipinski definition) is 0. The highest BCUT2D eigenvalue weighted by Gasteiger charge is 2.37. The Labute approximate surface area is 157 Å². The van der Waals surface area contributed by atoms with Crippen molar-refractivity contribution in [3.8, 4) is 11.4 Å².